The highest BCUT2D eigenvalue weighted by molar-refractivity contribution is 6.41. The van der Waals surface area contributed by atoms with Gasteiger partial charge in [-0.25, -0.2) is 4.79 Å². The van der Waals surface area contributed by atoms with Crippen LogP contribution in [0.5, 0.6) is 5.75 Å². The van der Waals surface area contributed by atoms with E-state index < -0.39 is 23.3 Å². The number of hydrogen-bond acceptors (Lipinski definition) is 6. The number of esters is 1. The van der Waals surface area contributed by atoms with Crippen LogP contribution in [0.15, 0.2) is 36.1 Å². The van der Waals surface area contributed by atoms with E-state index in [1.807, 2.05) is 0 Å². The van der Waals surface area contributed by atoms with Crippen molar-refractivity contribution >= 4 is 23.3 Å². The summed E-state index contributed by atoms with van der Waals surface area (Å²) in [7, 11) is 2.59. The largest absolute Gasteiger partial charge is 0.505 e. The van der Waals surface area contributed by atoms with Gasteiger partial charge in [0.25, 0.3) is 5.91 Å². The van der Waals surface area contributed by atoms with E-state index in [9.17, 15) is 14.7 Å². The van der Waals surface area contributed by atoms with Gasteiger partial charge in [0.15, 0.2) is 11.5 Å². The molecular formula is C13H14N2O5. The quantitative estimate of drug-likeness (QED) is 0.325. The molecule has 0 aliphatic rings. The average molecular weight is 278 g/mol. The van der Waals surface area contributed by atoms with E-state index >= 15 is 0 Å². The third kappa shape index (κ3) is 4.13. The number of rotatable bonds is 5. The van der Waals surface area contributed by atoms with Crippen molar-refractivity contribution in [1.29, 1.82) is 5.41 Å². The van der Waals surface area contributed by atoms with Crippen molar-refractivity contribution in [3.8, 4) is 5.75 Å². The summed E-state index contributed by atoms with van der Waals surface area (Å²) >= 11 is 0. The lowest BCUT2D eigenvalue weighted by Gasteiger charge is -2.04. The molecule has 0 heterocycles. The number of aliphatic hydroxyl groups is 1. The fraction of sp³-hybridized carbons (Fsp3) is 0.154. The summed E-state index contributed by atoms with van der Waals surface area (Å²) in [6.45, 7) is 0. The first-order chi connectivity index (χ1) is 9.47. The van der Waals surface area contributed by atoms with Crippen LogP contribution in [0.4, 0.5) is 5.69 Å². The van der Waals surface area contributed by atoms with E-state index in [-0.39, 0.29) is 0 Å². The first-order valence-electron chi connectivity index (χ1n) is 5.51. The van der Waals surface area contributed by atoms with E-state index in [1.165, 1.54) is 7.11 Å². The maximum absolute atomic E-state index is 11.6. The van der Waals surface area contributed by atoms with Crippen LogP contribution in [0.25, 0.3) is 0 Å². The van der Waals surface area contributed by atoms with Crippen LogP contribution in [0, 0.1) is 5.41 Å². The van der Waals surface area contributed by atoms with Crippen LogP contribution in [0.3, 0.4) is 0 Å². The van der Waals surface area contributed by atoms with E-state index in [2.05, 4.69) is 10.1 Å². The van der Waals surface area contributed by atoms with Gasteiger partial charge in [0.05, 0.1) is 14.2 Å². The Hall–Kier alpha value is -2.83. The van der Waals surface area contributed by atoms with Gasteiger partial charge in [-0.05, 0) is 24.3 Å². The minimum absolute atomic E-state index is 0.476. The highest BCUT2D eigenvalue weighted by Gasteiger charge is 2.15. The summed E-state index contributed by atoms with van der Waals surface area (Å²) in [5.41, 5.74) is -0.318. The van der Waals surface area contributed by atoms with Gasteiger partial charge >= 0.3 is 5.97 Å². The average Bonchev–Trinajstić information content (AvgIpc) is 2.46. The van der Waals surface area contributed by atoms with Crippen molar-refractivity contribution in [1.82, 2.24) is 0 Å². The molecule has 7 heteroatoms. The molecule has 1 amide bonds. The summed E-state index contributed by atoms with van der Waals surface area (Å²) in [6, 6.07) is 6.51. The van der Waals surface area contributed by atoms with Crippen molar-refractivity contribution in [2.75, 3.05) is 19.5 Å². The molecule has 3 N–H and O–H groups in total. The number of anilines is 1. The van der Waals surface area contributed by atoms with Crippen LogP contribution in [0.2, 0.25) is 0 Å². The summed E-state index contributed by atoms with van der Waals surface area (Å²) in [4.78, 5) is 22.5. The number of aliphatic hydroxyl groups excluding tert-OH is 1. The molecule has 0 radical (unpaired) electrons. The summed E-state index contributed by atoms with van der Waals surface area (Å²) in [5, 5.41) is 19.1. The Morgan fingerprint density at radius 2 is 1.85 bits per heavy atom. The lowest BCUT2D eigenvalue weighted by Crippen LogP contribution is -2.19. The first-order valence-corrected chi connectivity index (χ1v) is 5.51. The summed E-state index contributed by atoms with van der Waals surface area (Å²) in [5.74, 6) is -1.85. The molecule has 0 fully saturated rings. The molecule has 1 aromatic carbocycles. The topological polar surface area (TPSA) is 109 Å². The van der Waals surface area contributed by atoms with Gasteiger partial charge in [0.2, 0.25) is 0 Å². The van der Waals surface area contributed by atoms with Gasteiger partial charge in [-0.15, -0.1) is 0 Å². The number of hydrogen-bond donors (Lipinski definition) is 3. The van der Waals surface area contributed by atoms with Crippen LogP contribution >= 0.6 is 0 Å². The molecular weight excluding hydrogens is 264 g/mol. The van der Waals surface area contributed by atoms with Gasteiger partial charge in [-0.2, -0.15) is 0 Å². The van der Waals surface area contributed by atoms with Crippen molar-refractivity contribution in [2.24, 2.45) is 0 Å². The molecule has 1 aromatic rings. The molecule has 0 aliphatic heterocycles. The predicted molar refractivity (Wildman–Crippen MR) is 72.1 cm³/mol. The van der Waals surface area contributed by atoms with Gasteiger partial charge in [0, 0.05) is 11.8 Å². The number of ether oxygens (including phenoxy) is 2. The third-order valence-electron chi connectivity index (χ3n) is 2.27. The SMILES string of the molecule is COC(=O)C(=N)/C(O)=C\C(=O)Nc1ccc(OC)cc1. The number of amides is 1. The van der Waals surface area contributed by atoms with Gasteiger partial charge in [0.1, 0.15) is 5.75 Å². The zero-order valence-electron chi connectivity index (χ0n) is 11.0. The van der Waals surface area contributed by atoms with Gasteiger partial charge in [-0.1, -0.05) is 0 Å². The summed E-state index contributed by atoms with van der Waals surface area (Å²) < 4.78 is 9.21. The van der Waals surface area contributed by atoms with E-state index in [0.717, 1.165) is 13.2 Å². The molecule has 0 saturated carbocycles. The Morgan fingerprint density at radius 1 is 1.25 bits per heavy atom. The monoisotopic (exact) mass is 278 g/mol. The van der Waals surface area contributed by atoms with Crippen LogP contribution in [0.1, 0.15) is 0 Å². The Bertz CT molecular complexity index is 548. The second-order valence-electron chi connectivity index (χ2n) is 3.61. The lowest BCUT2D eigenvalue weighted by atomic mass is 10.2. The normalized spacial score (nSPS) is 10.6. The maximum atomic E-state index is 11.6. The highest BCUT2D eigenvalue weighted by atomic mass is 16.5. The Labute approximate surface area is 115 Å². The third-order valence-corrected chi connectivity index (χ3v) is 2.27. The maximum Gasteiger partial charge on any atom is 0.359 e. The highest BCUT2D eigenvalue weighted by Crippen LogP contribution is 2.14. The Balaban J connectivity index is 2.70. The van der Waals surface area contributed by atoms with Crippen molar-refractivity contribution in [3.05, 3.63) is 36.1 Å². The number of benzene rings is 1. The van der Waals surface area contributed by atoms with E-state index in [0.29, 0.717) is 11.4 Å². The minimum Gasteiger partial charge on any atom is -0.505 e. The second kappa shape index (κ2) is 6.93. The number of nitrogens with one attached hydrogen (secondary N) is 2. The van der Waals surface area contributed by atoms with Crippen molar-refractivity contribution in [3.63, 3.8) is 0 Å². The van der Waals surface area contributed by atoms with Crippen LogP contribution in [-0.2, 0) is 14.3 Å². The zero-order valence-corrected chi connectivity index (χ0v) is 11.0. The number of carbonyl (C=O) groups is 2. The molecule has 7 nitrogen and oxygen atoms in total. The lowest BCUT2D eigenvalue weighted by molar-refractivity contribution is -0.132. The molecule has 0 atom stereocenters. The standard InChI is InChI=1S/C13H14N2O5/c1-19-9-5-3-8(4-6-9)15-11(17)7-10(16)12(14)13(18)20-2/h3-7,14,16H,1-2H3,(H,15,17)/b10-7+,14-12?. The summed E-state index contributed by atoms with van der Waals surface area (Å²) in [6.07, 6.45) is 0.726. The molecule has 1 rings (SSSR count). The zero-order chi connectivity index (χ0) is 15.1. The van der Waals surface area contributed by atoms with Gasteiger partial charge < -0.3 is 19.9 Å². The molecule has 0 aliphatic carbocycles. The molecule has 0 unspecified atom stereocenters. The van der Waals surface area contributed by atoms with Crippen molar-refractivity contribution in [2.45, 2.75) is 0 Å². The fourth-order valence-electron chi connectivity index (χ4n) is 1.26. The van der Waals surface area contributed by atoms with Crippen LogP contribution < -0.4 is 10.1 Å². The number of methoxy groups -OCH3 is 2. The Kier molecular flexibility index (Phi) is 5.28. The second-order valence-corrected chi connectivity index (χ2v) is 3.61. The fourth-order valence-corrected chi connectivity index (χ4v) is 1.26. The molecule has 0 bridgehead atoms. The molecule has 0 spiro atoms. The molecule has 106 valence electrons. The molecule has 0 saturated heterocycles. The molecule has 20 heavy (non-hydrogen) atoms. The first kappa shape index (κ1) is 15.2. The number of carbonyl (C=O) groups excluding carboxylic acids is 2. The minimum atomic E-state index is -1.03. The van der Waals surface area contributed by atoms with E-state index in [4.69, 9.17) is 10.1 Å². The van der Waals surface area contributed by atoms with Crippen molar-refractivity contribution < 1.29 is 24.2 Å². The van der Waals surface area contributed by atoms with Crippen LogP contribution in [-0.4, -0.2) is 36.9 Å². The smallest absolute Gasteiger partial charge is 0.359 e. The Morgan fingerprint density at radius 3 is 2.35 bits per heavy atom. The van der Waals surface area contributed by atoms with Gasteiger partial charge in [-0.3, -0.25) is 10.2 Å². The molecule has 0 aromatic heterocycles. The predicted octanol–water partition coefficient (Wildman–Crippen LogP) is 1.27. The van der Waals surface area contributed by atoms with E-state index in [1.54, 1.807) is 24.3 Å².